The summed E-state index contributed by atoms with van der Waals surface area (Å²) < 4.78 is 0. The number of halogens is 1. The van der Waals surface area contributed by atoms with Gasteiger partial charge in [-0.3, -0.25) is 4.79 Å². The van der Waals surface area contributed by atoms with E-state index in [1.807, 2.05) is 24.3 Å². The fraction of sp³-hybridized carbons (Fsp3) is 0.391. The summed E-state index contributed by atoms with van der Waals surface area (Å²) in [5.41, 5.74) is 5.74. The van der Waals surface area contributed by atoms with Crippen molar-refractivity contribution >= 4 is 35.8 Å². The number of nitrogens with zero attached hydrogens (tertiary/aromatic N) is 2. The molecular formula is C23H33IN4O. The lowest BCUT2D eigenvalue weighted by atomic mass is 10.0. The van der Waals surface area contributed by atoms with Gasteiger partial charge in [0.1, 0.15) is 0 Å². The quantitative estimate of drug-likeness (QED) is 0.339. The first-order valence-corrected chi connectivity index (χ1v) is 9.79. The predicted molar refractivity (Wildman–Crippen MR) is 132 cm³/mol. The minimum Gasteiger partial charge on any atom is -0.357 e. The van der Waals surface area contributed by atoms with Crippen LogP contribution in [0.5, 0.6) is 0 Å². The SMILES string of the molecule is CCNC(=NCc1ccc(C(=O)N(C)C)cc1)NCCc1ccc(C)cc1C.I. The van der Waals surface area contributed by atoms with Crippen molar-refractivity contribution in [3.05, 3.63) is 70.3 Å². The van der Waals surface area contributed by atoms with Crippen LogP contribution in [0, 0.1) is 13.8 Å². The summed E-state index contributed by atoms with van der Waals surface area (Å²) in [6.07, 6.45) is 0.956. The van der Waals surface area contributed by atoms with Crippen LogP contribution in [0.4, 0.5) is 0 Å². The first-order chi connectivity index (χ1) is 13.4. The zero-order chi connectivity index (χ0) is 20.5. The Kier molecular flexibility index (Phi) is 10.7. The van der Waals surface area contributed by atoms with Gasteiger partial charge in [-0.05, 0) is 56.0 Å². The molecule has 2 rings (SSSR count). The van der Waals surface area contributed by atoms with Gasteiger partial charge in [0, 0.05) is 32.7 Å². The molecular weight excluding hydrogens is 475 g/mol. The van der Waals surface area contributed by atoms with E-state index in [-0.39, 0.29) is 29.9 Å². The lowest BCUT2D eigenvalue weighted by Gasteiger charge is -2.13. The summed E-state index contributed by atoms with van der Waals surface area (Å²) in [6.45, 7) is 8.54. The minimum absolute atomic E-state index is 0. The molecule has 0 saturated carbocycles. The fourth-order valence-corrected chi connectivity index (χ4v) is 2.96. The number of guanidine groups is 1. The van der Waals surface area contributed by atoms with E-state index in [1.165, 1.54) is 16.7 Å². The molecule has 5 nitrogen and oxygen atoms in total. The van der Waals surface area contributed by atoms with E-state index in [1.54, 1.807) is 19.0 Å². The van der Waals surface area contributed by atoms with Gasteiger partial charge in [0.05, 0.1) is 6.54 Å². The highest BCUT2D eigenvalue weighted by Crippen LogP contribution is 2.11. The molecule has 0 aliphatic carbocycles. The van der Waals surface area contributed by atoms with Crippen molar-refractivity contribution in [1.29, 1.82) is 0 Å². The number of hydrogen-bond acceptors (Lipinski definition) is 2. The van der Waals surface area contributed by atoms with Gasteiger partial charge < -0.3 is 15.5 Å². The molecule has 0 aliphatic heterocycles. The number of nitrogens with one attached hydrogen (secondary N) is 2. The molecule has 0 radical (unpaired) electrons. The number of rotatable bonds is 7. The number of hydrogen-bond donors (Lipinski definition) is 2. The van der Waals surface area contributed by atoms with Gasteiger partial charge in [-0.2, -0.15) is 0 Å². The first-order valence-electron chi connectivity index (χ1n) is 9.79. The molecule has 29 heavy (non-hydrogen) atoms. The van der Waals surface area contributed by atoms with E-state index in [0.717, 1.165) is 31.0 Å². The Balaban J connectivity index is 0.00000420. The number of carbonyl (C=O) groups is 1. The van der Waals surface area contributed by atoms with Crippen LogP contribution in [-0.4, -0.2) is 44.0 Å². The minimum atomic E-state index is 0. The van der Waals surface area contributed by atoms with Crippen LogP contribution >= 0.6 is 24.0 Å². The normalized spacial score (nSPS) is 10.9. The third-order valence-corrected chi connectivity index (χ3v) is 4.56. The van der Waals surface area contributed by atoms with Crippen molar-refractivity contribution < 1.29 is 4.79 Å². The molecule has 6 heteroatoms. The van der Waals surface area contributed by atoms with Crippen LogP contribution in [0.2, 0.25) is 0 Å². The third-order valence-electron chi connectivity index (χ3n) is 4.56. The molecule has 2 N–H and O–H groups in total. The Bertz CT molecular complexity index is 816. The summed E-state index contributed by atoms with van der Waals surface area (Å²) >= 11 is 0. The van der Waals surface area contributed by atoms with E-state index in [2.05, 4.69) is 54.6 Å². The number of amides is 1. The van der Waals surface area contributed by atoms with Gasteiger partial charge in [0.2, 0.25) is 0 Å². The van der Waals surface area contributed by atoms with Crippen LogP contribution in [-0.2, 0) is 13.0 Å². The van der Waals surface area contributed by atoms with Gasteiger partial charge >= 0.3 is 0 Å². The highest BCUT2D eigenvalue weighted by atomic mass is 127. The van der Waals surface area contributed by atoms with Crippen LogP contribution in [0.15, 0.2) is 47.5 Å². The molecule has 0 aliphatic rings. The molecule has 0 heterocycles. The Morgan fingerprint density at radius 2 is 1.72 bits per heavy atom. The van der Waals surface area contributed by atoms with E-state index < -0.39 is 0 Å². The topological polar surface area (TPSA) is 56.7 Å². The zero-order valence-electron chi connectivity index (χ0n) is 18.1. The van der Waals surface area contributed by atoms with Crippen LogP contribution in [0.3, 0.4) is 0 Å². The second-order valence-corrected chi connectivity index (χ2v) is 7.20. The van der Waals surface area contributed by atoms with Crippen molar-refractivity contribution in [2.75, 3.05) is 27.2 Å². The largest absolute Gasteiger partial charge is 0.357 e. The van der Waals surface area contributed by atoms with Crippen molar-refractivity contribution in [2.24, 2.45) is 4.99 Å². The summed E-state index contributed by atoms with van der Waals surface area (Å²) in [4.78, 5) is 18.2. The summed E-state index contributed by atoms with van der Waals surface area (Å²) in [6, 6.07) is 14.2. The van der Waals surface area contributed by atoms with Crippen molar-refractivity contribution in [1.82, 2.24) is 15.5 Å². The standard InChI is InChI=1S/C23H32N4O.HI/c1-6-24-23(25-14-13-20-10-7-17(2)15-18(20)3)26-16-19-8-11-21(12-9-19)22(28)27(4)5;/h7-12,15H,6,13-14,16H2,1-5H3,(H2,24,25,26);1H. The lowest BCUT2D eigenvalue weighted by Crippen LogP contribution is -2.38. The van der Waals surface area contributed by atoms with Gasteiger partial charge in [-0.1, -0.05) is 35.9 Å². The highest BCUT2D eigenvalue weighted by Gasteiger charge is 2.07. The predicted octanol–water partition coefficient (Wildman–Crippen LogP) is 3.92. The Morgan fingerprint density at radius 3 is 2.31 bits per heavy atom. The first kappa shape index (κ1) is 24.9. The highest BCUT2D eigenvalue weighted by molar-refractivity contribution is 14.0. The van der Waals surface area contributed by atoms with Gasteiger partial charge in [0.15, 0.2) is 5.96 Å². The second-order valence-electron chi connectivity index (χ2n) is 7.20. The maximum atomic E-state index is 12.0. The number of aryl methyl sites for hydroxylation is 2. The van der Waals surface area contributed by atoms with Crippen LogP contribution in [0.1, 0.15) is 39.5 Å². The average Bonchev–Trinajstić information content (AvgIpc) is 2.67. The van der Waals surface area contributed by atoms with Crippen molar-refractivity contribution in [3.63, 3.8) is 0 Å². The van der Waals surface area contributed by atoms with E-state index >= 15 is 0 Å². The van der Waals surface area contributed by atoms with E-state index in [9.17, 15) is 4.79 Å². The van der Waals surface area contributed by atoms with E-state index in [4.69, 9.17) is 0 Å². The molecule has 0 spiro atoms. The summed E-state index contributed by atoms with van der Waals surface area (Å²) in [5, 5.41) is 6.69. The van der Waals surface area contributed by atoms with Crippen LogP contribution in [0.25, 0.3) is 0 Å². The molecule has 0 atom stereocenters. The van der Waals surface area contributed by atoms with Gasteiger partial charge in [-0.25, -0.2) is 4.99 Å². The monoisotopic (exact) mass is 508 g/mol. The maximum Gasteiger partial charge on any atom is 0.253 e. The smallest absolute Gasteiger partial charge is 0.253 e. The average molecular weight is 508 g/mol. The third kappa shape index (κ3) is 8.04. The molecule has 158 valence electrons. The number of carbonyl (C=O) groups excluding carboxylic acids is 1. The Hall–Kier alpha value is -2.09. The summed E-state index contributed by atoms with van der Waals surface area (Å²) in [5.74, 6) is 0.817. The molecule has 0 unspecified atom stereocenters. The lowest BCUT2D eigenvalue weighted by molar-refractivity contribution is 0.0827. The molecule has 0 saturated heterocycles. The molecule has 0 fully saturated rings. The molecule has 2 aromatic rings. The Labute approximate surface area is 192 Å². The maximum absolute atomic E-state index is 12.0. The number of aliphatic imine (C=N–C) groups is 1. The Morgan fingerprint density at radius 1 is 1.03 bits per heavy atom. The number of benzene rings is 2. The second kappa shape index (κ2) is 12.5. The fourth-order valence-electron chi connectivity index (χ4n) is 2.96. The van der Waals surface area contributed by atoms with Crippen LogP contribution < -0.4 is 10.6 Å². The molecule has 0 aromatic heterocycles. The van der Waals surface area contributed by atoms with Gasteiger partial charge in [-0.15, -0.1) is 24.0 Å². The van der Waals surface area contributed by atoms with Gasteiger partial charge in [0.25, 0.3) is 5.91 Å². The molecule has 1 amide bonds. The van der Waals surface area contributed by atoms with Crippen molar-refractivity contribution in [2.45, 2.75) is 33.7 Å². The molecule has 2 aromatic carbocycles. The molecule has 0 bridgehead atoms. The zero-order valence-corrected chi connectivity index (χ0v) is 20.4. The van der Waals surface area contributed by atoms with E-state index in [0.29, 0.717) is 12.1 Å². The van der Waals surface area contributed by atoms with Crippen molar-refractivity contribution in [3.8, 4) is 0 Å². The summed E-state index contributed by atoms with van der Waals surface area (Å²) in [7, 11) is 3.51.